The topological polar surface area (TPSA) is 62.6 Å². The van der Waals surface area contributed by atoms with Crippen LogP contribution in [0.2, 0.25) is 0 Å². The van der Waals surface area contributed by atoms with Gasteiger partial charge in [-0.15, -0.1) is 0 Å². The number of ketones is 1. The maximum Gasteiger partial charge on any atom is 0.254 e. The largest absolute Gasteiger partial charge is 0.338 e. The average Bonchev–Trinajstić information content (AvgIpc) is 2.97. The maximum atomic E-state index is 13.9. The number of rotatable bonds is 7. The number of piperazine rings is 1. The van der Waals surface area contributed by atoms with Gasteiger partial charge in [-0.3, -0.25) is 23.9 Å². The van der Waals surface area contributed by atoms with E-state index in [0.717, 1.165) is 0 Å². The summed E-state index contributed by atoms with van der Waals surface area (Å²) >= 11 is 0. The predicted octanol–water partition coefficient (Wildman–Crippen LogP) is 4.51. The number of carbonyl (C=O) groups excluding carboxylic acids is 2. The molecular weight excluding hydrogens is 474 g/mol. The number of aromatic nitrogens is 1. The van der Waals surface area contributed by atoms with Gasteiger partial charge in [0.05, 0.1) is 6.04 Å². The Morgan fingerprint density at radius 2 is 1.21 bits per heavy atom. The number of hydrogen-bond donors (Lipinski definition) is 0. The first-order chi connectivity index (χ1) is 18.5. The van der Waals surface area contributed by atoms with Crippen molar-refractivity contribution < 1.29 is 9.59 Å². The highest BCUT2D eigenvalue weighted by atomic mass is 16.2. The van der Waals surface area contributed by atoms with E-state index in [4.69, 9.17) is 0 Å². The molecule has 6 heteroatoms. The molecule has 38 heavy (non-hydrogen) atoms. The molecule has 1 fully saturated rings. The Balaban J connectivity index is 1.41. The summed E-state index contributed by atoms with van der Waals surface area (Å²) in [7, 11) is 0. The minimum absolute atomic E-state index is 0.0655. The molecule has 1 unspecified atom stereocenters. The first-order valence-corrected chi connectivity index (χ1v) is 12.9. The Morgan fingerprint density at radius 1 is 0.684 bits per heavy atom. The van der Waals surface area contributed by atoms with Gasteiger partial charge in [-0.2, -0.15) is 0 Å². The van der Waals surface area contributed by atoms with Crippen molar-refractivity contribution in [2.24, 2.45) is 0 Å². The van der Waals surface area contributed by atoms with Crippen LogP contribution >= 0.6 is 0 Å². The fourth-order valence-electron chi connectivity index (χ4n) is 5.20. The molecule has 0 bridgehead atoms. The number of pyridine rings is 1. The zero-order chi connectivity index (χ0) is 26.5. The maximum absolute atomic E-state index is 13.9. The summed E-state index contributed by atoms with van der Waals surface area (Å²) in [6.07, 6.45) is 1.54. The van der Waals surface area contributed by atoms with E-state index in [1.165, 1.54) is 21.9 Å². The molecule has 0 radical (unpaired) electrons. The minimum Gasteiger partial charge on any atom is -0.338 e. The first-order valence-electron chi connectivity index (χ1n) is 12.9. The van der Waals surface area contributed by atoms with Crippen molar-refractivity contribution in [3.8, 4) is 0 Å². The molecule has 0 spiro atoms. The van der Waals surface area contributed by atoms with Gasteiger partial charge < -0.3 is 4.90 Å². The van der Waals surface area contributed by atoms with Crippen LogP contribution in [-0.2, 0) is 4.79 Å². The molecule has 3 aromatic carbocycles. The van der Waals surface area contributed by atoms with Gasteiger partial charge in [0, 0.05) is 43.5 Å². The predicted molar refractivity (Wildman–Crippen MR) is 148 cm³/mol. The molecule has 6 nitrogen and oxygen atoms in total. The van der Waals surface area contributed by atoms with E-state index in [9.17, 15) is 14.4 Å². The lowest BCUT2D eigenvalue weighted by Gasteiger charge is -2.40. The molecule has 0 saturated carbocycles. The molecule has 1 aromatic heterocycles. The van der Waals surface area contributed by atoms with Crippen molar-refractivity contribution in [1.82, 2.24) is 14.4 Å². The number of Topliss-reactive ketones (excluding diaryl/α,β-unsaturated/α-hetero) is 1. The van der Waals surface area contributed by atoms with Gasteiger partial charge >= 0.3 is 0 Å². The van der Waals surface area contributed by atoms with Crippen LogP contribution in [0.1, 0.15) is 39.1 Å². The van der Waals surface area contributed by atoms with E-state index in [1.807, 2.05) is 42.5 Å². The second kappa shape index (κ2) is 11.4. The molecule has 192 valence electrons. The van der Waals surface area contributed by atoms with E-state index in [2.05, 4.69) is 29.2 Å². The Morgan fingerprint density at radius 3 is 1.76 bits per heavy atom. The minimum atomic E-state index is -1.24. The van der Waals surface area contributed by atoms with Crippen LogP contribution in [0.15, 0.2) is 114 Å². The molecule has 1 saturated heterocycles. The summed E-state index contributed by atoms with van der Waals surface area (Å²) in [6.45, 7) is 3.92. The van der Waals surface area contributed by atoms with E-state index in [1.54, 1.807) is 48.2 Å². The third kappa shape index (κ3) is 5.22. The highest BCUT2D eigenvalue weighted by molar-refractivity contribution is 6.11. The van der Waals surface area contributed by atoms with Crippen molar-refractivity contribution in [1.29, 1.82) is 0 Å². The molecule has 1 aliphatic heterocycles. The number of benzene rings is 3. The van der Waals surface area contributed by atoms with E-state index in [-0.39, 0.29) is 23.3 Å². The molecular formula is C32H31N3O3. The summed E-state index contributed by atoms with van der Waals surface area (Å²) in [5.74, 6) is -0.723. The van der Waals surface area contributed by atoms with Crippen LogP contribution in [-0.4, -0.2) is 52.2 Å². The second-order valence-corrected chi connectivity index (χ2v) is 9.62. The first kappa shape index (κ1) is 25.4. The third-order valence-electron chi connectivity index (χ3n) is 7.21. The molecule has 4 aromatic rings. The summed E-state index contributed by atoms with van der Waals surface area (Å²) in [5.41, 5.74) is 2.96. The van der Waals surface area contributed by atoms with Crippen molar-refractivity contribution in [2.45, 2.75) is 19.0 Å². The fraction of sp³-hybridized carbons (Fsp3) is 0.219. The van der Waals surface area contributed by atoms with Crippen LogP contribution in [0, 0.1) is 6.92 Å². The number of hydrogen-bond acceptors (Lipinski definition) is 4. The van der Waals surface area contributed by atoms with Gasteiger partial charge in [-0.05, 0) is 24.1 Å². The summed E-state index contributed by atoms with van der Waals surface area (Å²) in [4.78, 5) is 44.7. The van der Waals surface area contributed by atoms with Crippen LogP contribution in [0.3, 0.4) is 0 Å². The van der Waals surface area contributed by atoms with Gasteiger partial charge in [0.2, 0.25) is 0 Å². The lowest BCUT2D eigenvalue weighted by molar-refractivity contribution is -0.135. The van der Waals surface area contributed by atoms with Gasteiger partial charge in [0.1, 0.15) is 0 Å². The van der Waals surface area contributed by atoms with Crippen LogP contribution in [0.4, 0.5) is 0 Å². The Kier molecular flexibility index (Phi) is 7.61. The van der Waals surface area contributed by atoms with Crippen LogP contribution < -0.4 is 5.56 Å². The van der Waals surface area contributed by atoms with Crippen molar-refractivity contribution >= 4 is 11.7 Å². The molecule has 0 N–H and O–H groups in total. The zero-order valence-corrected chi connectivity index (χ0v) is 21.4. The lowest BCUT2D eigenvalue weighted by atomic mass is 9.96. The average molecular weight is 506 g/mol. The number of amides is 1. The highest BCUT2D eigenvalue weighted by Crippen LogP contribution is 2.30. The molecule has 1 amide bonds. The van der Waals surface area contributed by atoms with Crippen molar-refractivity contribution in [3.63, 3.8) is 0 Å². The Hall–Kier alpha value is -4.29. The Labute approximate surface area is 222 Å². The van der Waals surface area contributed by atoms with E-state index < -0.39 is 6.04 Å². The second-order valence-electron chi connectivity index (χ2n) is 9.62. The highest BCUT2D eigenvalue weighted by Gasteiger charge is 2.36. The van der Waals surface area contributed by atoms with Gasteiger partial charge in [-0.25, -0.2) is 0 Å². The molecule has 0 aliphatic carbocycles. The van der Waals surface area contributed by atoms with Crippen molar-refractivity contribution in [3.05, 3.63) is 142 Å². The normalized spacial score (nSPS) is 14.8. The van der Waals surface area contributed by atoms with Gasteiger partial charge in [0.25, 0.3) is 11.5 Å². The summed E-state index contributed by atoms with van der Waals surface area (Å²) < 4.78 is 1.29. The number of carbonyl (C=O) groups is 2. The van der Waals surface area contributed by atoms with Gasteiger partial charge in [-0.1, -0.05) is 97.1 Å². The van der Waals surface area contributed by atoms with Crippen molar-refractivity contribution in [2.75, 3.05) is 26.2 Å². The number of aryl methyl sites for hydroxylation is 1. The summed E-state index contributed by atoms with van der Waals surface area (Å²) in [6, 6.07) is 31.7. The van der Waals surface area contributed by atoms with E-state index in [0.29, 0.717) is 37.3 Å². The standard InChI is InChI=1S/C32H31N3O3/c1-24-12-11-19-35(31(24)37)29(30(36)27-17-9-4-10-18-27)32(38)34-22-20-33(21-23-34)28(25-13-5-2-6-14-25)26-15-7-3-8-16-26/h2-19,28-29H,20-23H2,1H3. The molecule has 5 rings (SSSR count). The molecule has 1 aliphatic rings. The molecule has 2 heterocycles. The smallest absolute Gasteiger partial charge is 0.254 e. The lowest BCUT2D eigenvalue weighted by Crippen LogP contribution is -2.53. The zero-order valence-electron chi connectivity index (χ0n) is 21.4. The monoisotopic (exact) mass is 505 g/mol. The van der Waals surface area contributed by atoms with E-state index >= 15 is 0 Å². The third-order valence-corrected chi connectivity index (χ3v) is 7.21. The van der Waals surface area contributed by atoms with Crippen LogP contribution in [0.5, 0.6) is 0 Å². The fourth-order valence-corrected chi connectivity index (χ4v) is 5.20. The molecule has 1 atom stereocenters. The SMILES string of the molecule is Cc1cccn(C(C(=O)c2ccccc2)C(=O)N2CCN(C(c3ccccc3)c3ccccc3)CC2)c1=O. The summed E-state index contributed by atoms with van der Waals surface area (Å²) in [5, 5.41) is 0. The van der Waals surface area contributed by atoms with Crippen LogP contribution in [0.25, 0.3) is 0 Å². The number of nitrogens with zero attached hydrogens (tertiary/aromatic N) is 3. The Bertz CT molecular complexity index is 1400. The van der Waals surface area contributed by atoms with Gasteiger partial charge in [0.15, 0.2) is 11.8 Å². The quantitative estimate of drug-likeness (QED) is 0.274.